The van der Waals surface area contributed by atoms with Crippen LogP contribution in [-0.4, -0.2) is 14.9 Å². The van der Waals surface area contributed by atoms with Gasteiger partial charge in [0.05, 0.1) is 10.5 Å². The Bertz CT molecular complexity index is 720. The molecule has 0 aliphatic carbocycles. The normalized spacial score (nSPS) is 12.2. The number of nitro groups is 1. The number of aromatic nitrogens is 2. The lowest BCUT2D eigenvalue weighted by atomic mass is 10.1. The summed E-state index contributed by atoms with van der Waals surface area (Å²) in [5.41, 5.74) is 5.35. The number of rotatable bonds is 3. The van der Waals surface area contributed by atoms with Gasteiger partial charge in [0.25, 0.3) is 0 Å². The van der Waals surface area contributed by atoms with E-state index in [4.69, 9.17) is 5.73 Å². The number of hydrogen-bond donors (Lipinski definition) is 1. The average Bonchev–Trinajstić information content (AvgIpc) is 2.37. The van der Waals surface area contributed by atoms with E-state index in [0.29, 0.717) is 11.3 Å². The summed E-state index contributed by atoms with van der Waals surface area (Å²) in [4.78, 5) is 17.6. The Morgan fingerprint density at radius 2 is 2.05 bits per heavy atom. The molecule has 6 nitrogen and oxygen atoms in total. The minimum atomic E-state index is -1.30. The van der Waals surface area contributed by atoms with E-state index in [0.717, 1.165) is 12.1 Å². The Hall–Kier alpha value is -2.48. The molecule has 21 heavy (non-hydrogen) atoms. The second kappa shape index (κ2) is 5.49. The molecule has 0 fully saturated rings. The highest BCUT2D eigenvalue weighted by Crippen LogP contribution is 2.30. The number of aryl methyl sites for hydroxylation is 1. The number of nitrogens with two attached hydrogens (primary N) is 1. The molecule has 1 aromatic heterocycles. The van der Waals surface area contributed by atoms with Gasteiger partial charge in [0.15, 0.2) is 5.82 Å². The summed E-state index contributed by atoms with van der Waals surface area (Å²) in [6, 6.07) is 1.24. The van der Waals surface area contributed by atoms with Gasteiger partial charge in [0, 0.05) is 29.6 Å². The first-order chi connectivity index (χ1) is 9.82. The summed E-state index contributed by atoms with van der Waals surface area (Å²) in [6.45, 7) is 3.34. The van der Waals surface area contributed by atoms with Gasteiger partial charge in [-0.05, 0) is 19.9 Å². The van der Waals surface area contributed by atoms with Gasteiger partial charge in [-0.2, -0.15) is 4.39 Å². The molecule has 1 aromatic carbocycles. The van der Waals surface area contributed by atoms with E-state index in [-0.39, 0.29) is 11.9 Å². The SMILES string of the molecule is Cc1nc(-c2c(F)ccc([N+](=O)[O-])c2F)ncc1C(C)N. The molecule has 8 heteroatoms. The molecule has 0 bridgehead atoms. The van der Waals surface area contributed by atoms with E-state index in [2.05, 4.69) is 9.97 Å². The fraction of sp³-hybridized carbons (Fsp3) is 0.231. The lowest BCUT2D eigenvalue weighted by molar-refractivity contribution is -0.387. The summed E-state index contributed by atoms with van der Waals surface area (Å²) in [5, 5.41) is 10.7. The monoisotopic (exact) mass is 294 g/mol. The summed E-state index contributed by atoms with van der Waals surface area (Å²) in [6.07, 6.45) is 1.36. The van der Waals surface area contributed by atoms with Crippen molar-refractivity contribution in [2.45, 2.75) is 19.9 Å². The molecular formula is C13H12F2N4O2. The van der Waals surface area contributed by atoms with Gasteiger partial charge >= 0.3 is 5.69 Å². The molecular weight excluding hydrogens is 282 g/mol. The topological polar surface area (TPSA) is 94.9 Å². The van der Waals surface area contributed by atoms with Gasteiger partial charge in [-0.1, -0.05) is 0 Å². The maximum atomic E-state index is 14.1. The zero-order chi connectivity index (χ0) is 15.7. The van der Waals surface area contributed by atoms with Crippen molar-refractivity contribution in [2.75, 3.05) is 0 Å². The standard InChI is InChI=1S/C13H12F2N4O2/c1-6(16)8-5-17-13(18-7(8)2)11-9(14)3-4-10(12(11)15)19(20)21/h3-6H,16H2,1-2H3. The Kier molecular flexibility index (Phi) is 3.90. The number of halogens is 2. The molecule has 0 saturated carbocycles. The molecule has 1 unspecified atom stereocenters. The van der Waals surface area contributed by atoms with E-state index in [1.54, 1.807) is 13.8 Å². The predicted octanol–water partition coefficient (Wildman–Crippen LogP) is 2.66. The number of hydrogen-bond acceptors (Lipinski definition) is 5. The van der Waals surface area contributed by atoms with Crippen LogP contribution in [0, 0.1) is 28.7 Å². The molecule has 0 spiro atoms. The van der Waals surface area contributed by atoms with Crippen molar-refractivity contribution in [1.29, 1.82) is 0 Å². The van der Waals surface area contributed by atoms with Crippen molar-refractivity contribution in [1.82, 2.24) is 9.97 Å². The quantitative estimate of drug-likeness (QED) is 0.693. The summed E-state index contributed by atoms with van der Waals surface area (Å²) in [7, 11) is 0. The average molecular weight is 294 g/mol. The van der Waals surface area contributed by atoms with Crippen LogP contribution in [0.2, 0.25) is 0 Å². The van der Waals surface area contributed by atoms with Crippen LogP contribution in [0.4, 0.5) is 14.5 Å². The Morgan fingerprint density at radius 1 is 1.38 bits per heavy atom. The maximum absolute atomic E-state index is 14.1. The summed E-state index contributed by atoms with van der Waals surface area (Å²) < 4.78 is 27.9. The van der Waals surface area contributed by atoms with Crippen molar-refractivity contribution in [3.05, 3.63) is 51.3 Å². The molecule has 1 heterocycles. The molecule has 2 rings (SSSR count). The maximum Gasteiger partial charge on any atom is 0.305 e. The third-order valence-corrected chi connectivity index (χ3v) is 3.00. The highest BCUT2D eigenvalue weighted by molar-refractivity contribution is 5.61. The van der Waals surface area contributed by atoms with Crippen LogP contribution in [0.5, 0.6) is 0 Å². The highest BCUT2D eigenvalue weighted by atomic mass is 19.1. The zero-order valence-electron chi connectivity index (χ0n) is 11.3. The van der Waals surface area contributed by atoms with Crippen LogP contribution >= 0.6 is 0 Å². The van der Waals surface area contributed by atoms with Crippen molar-refractivity contribution in [2.24, 2.45) is 5.73 Å². The van der Waals surface area contributed by atoms with E-state index in [1.807, 2.05) is 0 Å². The second-order valence-electron chi connectivity index (χ2n) is 4.54. The van der Waals surface area contributed by atoms with E-state index < -0.39 is 27.8 Å². The molecule has 0 aliphatic heterocycles. The molecule has 1 atom stereocenters. The minimum absolute atomic E-state index is 0.254. The highest BCUT2D eigenvalue weighted by Gasteiger charge is 2.24. The first-order valence-corrected chi connectivity index (χ1v) is 6.04. The van der Waals surface area contributed by atoms with Gasteiger partial charge in [0.2, 0.25) is 5.82 Å². The molecule has 0 saturated heterocycles. The second-order valence-corrected chi connectivity index (χ2v) is 4.54. The minimum Gasteiger partial charge on any atom is -0.324 e. The number of nitrogens with zero attached hydrogens (tertiary/aromatic N) is 3. The van der Waals surface area contributed by atoms with Gasteiger partial charge < -0.3 is 5.73 Å². The van der Waals surface area contributed by atoms with Crippen LogP contribution < -0.4 is 5.73 Å². The smallest absolute Gasteiger partial charge is 0.305 e. The fourth-order valence-corrected chi connectivity index (χ4v) is 1.93. The van der Waals surface area contributed by atoms with Gasteiger partial charge in [-0.25, -0.2) is 14.4 Å². The van der Waals surface area contributed by atoms with Crippen LogP contribution in [0.3, 0.4) is 0 Å². The van der Waals surface area contributed by atoms with Crippen LogP contribution in [0.15, 0.2) is 18.3 Å². The predicted molar refractivity (Wildman–Crippen MR) is 71.4 cm³/mol. The summed E-state index contributed by atoms with van der Waals surface area (Å²) in [5.74, 6) is -2.52. The van der Waals surface area contributed by atoms with E-state index in [1.165, 1.54) is 6.20 Å². The Labute approximate surface area is 118 Å². The molecule has 0 radical (unpaired) electrons. The Balaban J connectivity index is 2.64. The third kappa shape index (κ3) is 2.70. The lowest BCUT2D eigenvalue weighted by Crippen LogP contribution is -2.10. The van der Waals surface area contributed by atoms with Crippen molar-refractivity contribution >= 4 is 5.69 Å². The van der Waals surface area contributed by atoms with Crippen LogP contribution in [0.25, 0.3) is 11.4 Å². The summed E-state index contributed by atoms with van der Waals surface area (Å²) >= 11 is 0. The third-order valence-electron chi connectivity index (χ3n) is 3.00. The van der Waals surface area contributed by atoms with Gasteiger partial charge in [-0.15, -0.1) is 0 Å². The van der Waals surface area contributed by atoms with Crippen molar-refractivity contribution < 1.29 is 13.7 Å². The zero-order valence-corrected chi connectivity index (χ0v) is 11.3. The molecule has 0 aliphatic rings. The van der Waals surface area contributed by atoms with Crippen LogP contribution in [0.1, 0.15) is 24.2 Å². The van der Waals surface area contributed by atoms with Crippen molar-refractivity contribution in [3.8, 4) is 11.4 Å². The lowest BCUT2D eigenvalue weighted by Gasteiger charge is -2.10. The largest absolute Gasteiger partial charge is 0.324 e. The molecule has 2 N–H and O–H groups in total. The number of nitro benzene ring substituents is 1. The number of benzene rings is 1. The van der Waals surface area contributed by atoms with Crippen LogP contribution in [-0.2, 0) is 0 Å². The molecule has 0 amide bonds. The molecule has 110 valence electrons. The van der Waals surface area contributed by atoms with E-state index in [9.17, 15) is 18.9 Å². The van der Waals surface area contributed by atoms with Gasteiger partial charge in [-0.3, -0.25) is 10.1 Å². The van der Waals surface area contributed by atoms with Crippen molar-refractivity contribution in [3.63, 3.8) is 0 Å². The molecule has 2 aromatic rings. The fourth-order valence-electron chi connectivity index (χ4n) is 1.93. The van der Waals surface area contributed by atoms with Gasteiger partial charge in [0.1, 0.15) is 5.82 Å². The Morgan fingerprint density at radius 3 is 2.57 bits per heavy atom. The van der Waals surface area contributed by atoms with E-state index >= 15 is 0 Å². The first-order valence-electron chi connectivity index (χ1n) is 6.04. The first kappa shape index (κ1) is 14.9.